The van der Waals surface area contributed by atoms with E-state index in [1.165, 1.54) is 24.2 Å². The number of carbonyl (C=O) groups excluding carboxylic acids is 1. The molecule has 24 heavy (non-hydrogen) atoms. The average molecular weight is 340 g/mol. The zero-order valence-corrected chi connectivity index (χ0v) is 13.2. The summed E-state index contributed by atoms with van der Waals surface area (Å²) in [6.45, 7) is 0.585. The van der Waals surface area contributed by atoms with Gasteiger partial charge in [-0.3, -0.25) is 4.79 Å². The number of aromatic nitrogens is 2. The maximum Gasteiger partial charge on any atom is 0.434 e. The number of nitrogens with two attached hydrogens (primary N) is 1. The first-order valence-corrected chi connectivity index (χ1v) is 8.30. The van der Waals surface area contributed by atoms with Gasteiger partial charge in [0.2, 0.25) is 5.95 Å². The largest absolute Gasteiger partial charge is 0.434 e. The maximum atomic E-state index is 13.2. The second kappa shape index (κ2) is 5.07. The van der Waals surface area contributed by atoms with Gasteiger partial charge in [0.25, 0.3) is 5.91 Å². The molecule has 5 nitrogen and oxygen atoms in total. The maximum absolute atomic E-state index is 13.2. The van der Waals surface area contributed by atoms with Gasteiger partial charge in [-0.25, -0.2) is 9.97 Å². The van der Waals surface area contributed by atoms with Crippen LogP contribution in [0.1, 0.15) is 60.3 Å². The van der Waals surface area contributed by atoms with Crippen LogP contribution in [0.4, 0.5) is 19.1 Å². The van der Waals surface area contributed by atoms with E-state index in [9.17, 15) is 18.0 Å². The van der Waals surface area contributed by atoms with E-state index in [4.69, 9.17) is 5.73 Å². The minimum absolute atomic E-state index is 0.0907. The van der Waals surface area contributed by atoms with Crippen molar-refractivity contribution in [2.45, 2.75) is 51.2 Å². The first kappa shape index (κ1) is 15.7. The van der Waals surface area contributed by atoms with Crippen molar-refractivity contribution in [2.24, 2.45) is 11.3 Å². The molecular formula is C16H19F3N4O. The van der Waals surface area contributed by atoms with Crippen LogP contribution < -0.4 is 5.73 Å². The molecule has 4 rings (SSSR count). The molecule has 1 amide bonds. The lowest BCUT2D eigenvalue weighted by molar-refractivity contribution is -0.141. The number of hydrogen-bond acceptors (Lipinski definition) is 4. The molecule has 0 saturated heterocycles. The predicted molar refractivity (Wildman–Crippen MR) is 79.8 cm³/mol. The summed E-state index contributed by atoms with van der Waals surface area (Å²) in [7, 11) is 0. The second-order valence-electron chi connectivity index (χ2n) is 7.40. The van der Waals surface area contributed by atoms with Crippen molar-refractivity contribution in [3.05, 3.63) is 17.0 Å². The Bertz CT molecular complexity index is 699. The van der Waals surface area contributed by atoms with Crippen LogP contribution in [0.3, 0.4) is 0 Å². The predicted octanol–water partition coefficient (Wildman–Crippen LogP) is 3.00. The fraction of sp³-hybridized carbons (Fsp3) is 0.688. The Kier molecular flexibility index (Phi) is 3.30. The molecule has 0 radical (unpaired) electrons. The molecule has 2 heterocycles. The lowest BCUT2D eigenvalue weighted by Crippen LogP contribution is -2.33. The highest BCUT2D eigenvalue weighted by molar-refractivity contribution is 5.99. The quantitative estimate of drug-likeness (QED) is 0.898. The third-order valence-electron chi connectivity index (χ3n) is 5.59. The molecule has 1 atom stereocenters. The topological polar surface area (TPSA) is 72.1 Å². The van der Waals surface area contributed by atoms with E-state index < -0.39 is 29.3 Å². The van der Waals surface area contributed by atoms with Crippen molar-refractivity contribution in [1.82, 2.24) is 14.9 Å². The summed E-state index contributed by atoms with van der Waals surface area (Å²) in [4.78, 5) is 21.2. The zero-order valence-electron chi connectivity index (χ0n) is 13.2. The van der Waals surface area contributed by atoms with Crippen molar-refractivity contribution in [3.63, 3.8) is 0 Å². The third-order valence-corrected chi connectivity index (χ3v) is 5.59. The van der Waals surface area contributed by atoms with Crippen LogP contribution in [0, 0.1) is 11.3 Å². The highest BCUT2D eigenvalue weighted by Crippen LogP contribution is 2.57. The minimum atomic E-state index is -4.71. The van der Waals surface area contributed by atoms with E-state index in [0.717, 1.165) is 19.3 Å². The van der Waals surface area contributed by atoms with Crippen molar-refractivity contribution in [3.8, 4) is 0 Å². The van der Waals surface area contributed by atoms with E-state index in [2.05, 4.69) is 9.97 Å². The standard InChI is InChI=1S/C16H19F3N4O/c17-16(18,19)12-11-10(21-14(20)22-12)8-23(13(11)24)7-9-2-1-3-15(6-9)4-5-15/h9H,1-8H2,(H2,20,21,22)/t9-/m1/s1. The van der Waals surface area contributed by atoms with Gasteiger partial charge in [-0.2, -0.15) is 13.2 Å². The number of carbonyl (C=O) groups is 1. The normalized spacial score (nSPS) is 25.2. The molecule has 8 heteroatoms. The van der Waals surface area contributed by atoms with Crippen LogP contribution in [0.2, 0.25) is 0 Å². The van der Waals surface area contributed by atoms with E-state index in [1.807, 2.05) is 0 Å². The summed E-state index contributed by atoms with van der Waals surface area (Å²) >= 11 is 0. The van der Waals surface area contributed by atoms with E-state index in [1.54, 1.807) is 0 Å². The Balaban J connectivity index is 1.57. The van der Waals surface area contributed by atoms with Gasteiger partial charge in [0.1, 0.15) is 0 Å². The van der Waals surface area contributed by atoms with Gasteiger partial charge in [0.05, 0.1) is 17.8 Å². The number of anilines is 1. The van der Waals surface area contributed by atoms with Crippen molar-refractivity contribution in [2.75, 3.05) is 12.3 Å². The summed E-state index contributed by atoms with van der Waals surface area (Å²) in [6.07, 6.45) is 2.28. The summed E-state index contributed by atoms with van der Waals surface area (Å²) in [5.74, 6) is -0.697. The first-order valence-electron chi connectivity index (χ1n) is 8.30. The number of alkyl halides is 3. The van der Waals surface area contributed by atoms with Gasteiger partial charge >= 0.3 is 6.18 Å². The van der Waals surface area contributed by atoms with Crippen LogP contribution in [0.5, 0.6) is 0 Å². The molecule has 2 N–H and O–H groups in total. The third kappa shape index (κ3) is 2.61. The zero-order chi connectivity index (χ0) is 17.1. The summed E-state index contributed by atoms with van der Waals surface area (Å²) in [5, 5.41) is 0. The number of amides is 1. The summed E-state index contributed by atoms with van der Waals surface area (Å²) in [5.41, 5.74) is 4.32. The Labute approximate surface area is 137 Å². The Hall–Kier alpha value is -1.86. The number of nitrogen functional groups attached to an aromatic ring is 1. The highest BCUT2D eigenvalue weighted by Gasteiger charge is 2.47. The molecular weight excluding hydrogens is 321 g/mol. The Morgan fingerprint density at radius 1 is 1.25 bits per heavy atom. The SMILES string of the molecule is Nc1nc2c(c(C(F)(F)F)n1)C(=O)N(C[C@@H]1CCCC3(CC3)C1)C2. The molecule has 1 aliphatic heterocycles. The fourth-order valence-electron chi connectivity index (χ4n) is 4.31. The number of hydrogen-bond donors (Lipinski definition) is 1. The molecule has 3 aliphatic rings. The van der Waals surface area contributed by atoms with Crippen LogP contribution in [0.15, 0.2) is 0 Å². The molecule has 1 aromatic rings. The van der Waals surface area contributed by atoms with Crippen LogP contribution in [-0.4, -0.2) is 27.3 Å². The van der Waals surface area contributed by atoms with Gasteiger partial charge in [-0.1, -0.05) is 6.42 Å². The summed E-state index contributed by atoms with van der Waals surface area (Å²) < 4.78 is 39.5. The molecule has 1 spiro atoms. The van der Waals surface area contributed by atoms with Gasteiger partial charge in [0.15, 0.2) is 5.69 Å². The molecule has 0 unspecified atom stereocenters. The molecule has 2 saturated carbocycles. The van der Waals surface area contributed by atoms with Crippen LogP contribution in [0.25, 0.3) is 0 Å². The molecule has 1 aromatic heterocycles. The van der Waals surface area contributed by atoms with Crippen LogP contribution in [-0.2, 0) is 12.7 Å². The lowest BCUT2D eigenvalue weighted by atomic mass is 9.79. The lowest BCUT2D eigenvalue weighted by Gasteiger charge is -2.31. The number of rotatable bonds is 2. The van der Waals surface area contributed by atoms with Crippen molar-refractivity contribution in [1.29, 1.82) is 0 Å². The Morgan fingerprint density at radius 2 is 2.00 bits per heavy atom. The molecule has 0 aromatic carbocycles. The second-order valence-corrected chi connectivity index (χ2v) is 7.40. The van der Waals surface area contributed by atoms with E-state index in [0.29, 0.717) is 17.9 Å². The van der Waals surface area contributed by atoms with Gasteiger partial charge in [-0.15, -0.1) is 0 Å². The fourth-order valence-corrected chi connectivity index (χ4v) is 4.31. The molecule has 130 valence electrons. The van der Waals surface area contributed by atoms with Gasteiger partial charge < -0.3 is 10.6 Å². The van der Waals surface area contributed by atoms with Crippen LogP contribution >= 0.6 is 0 Å². The number of halogens is 3. The van der Waals surface area contributed by atoms with E-state index >= 15 is 0 Å². The first-order chi connectivity index (χ1) is 11.3. The number of nitrogens with zero attached hydrogens (tertiary/aromatic N) is 3. The monoisotopic (exact) mass is 340 g/mol. The van der Waals surface area contributed by atoms with Gasteiger partial charge in [0, 0.05) is 6.54 Å². The average Bonchev–Trinajstić information content (AvgIpc) is 3.15. The molecule has 0 bridgehead atoms. The van der Waals surface area contributed by atoms with Crippen molar-refractivity contribution < 1.29 is 18.0 Å². The smallest absolute Gasteiger partial charge is 0.368 e. The van der Waals surface area contributed by atoms with E-state index in [-0.39, 0.29) is 12.2 Å². The highest BCUT2D eigenvalue weighted by atomic mass is 19.4. The Morgan fingerprint density at radius 3 is 2.67 bits per heavy atom. The van der Waals surface area contributed by atoms with Gasteiger partial charge in [-0.05, 0) is 43.4 Å². The summed E-state index contributed by atoms with van der Waals surface area (Å²) in [6, 6.07) is 0. The molecule has 2 aliphatic carbocycles. The molecule has 2 fully saturated rings. The van der Waals surface area contributed by atoms with Crippen molar-refractivity contribution >= 4 is 11.9 Å². The minimum Gasteiger partial charge on any atom is -0.368 e. The number of fused-ring (bicyclic) bond motifs is 1.